The number of hydrogen-bond donors (Lipinski definition) is 0. The number of nitrogens with zero attached hydrogens (tertiary/aromatic N) is 4. The number of rotatable bonds is 2. The zero-order valence-corrected chi connectivity index (χ0v) is 6.88. The Hall–Kier alpha value is -1.58. The van der Waals surface area contributed by atoms with Gasteiger partial charge in [0, 0.05) is 24.8 Å². The van der Waals surface area contributed by atoms with E-state index in [1.54, 1.807) is 18.7 Å². The maximum Gasteiger partial charge on any atom is 0.106 e. The standard InChI is InChI=1S/C8H10N4/c1-8-10-3-5-12(8)7-11-4-2-9-6-11/h2-6H,7H2,1H3. The van der Waals surface area contributed by atoms with Crippen LogP contribution in [0.25, 0.3) is 0 Å². The Kier molecular flexibility index (Phi) is 1.66. The lowest BCUT2D eigenvalue weighted by Crippen LogP contribution is -2.06. The summed E-state index contributed by atoms with van der Waals surface area (Å²) in [4.78, 5) is 8.09. The molecule has 0 spiro atoms. The molecule has 62 valence electrons. The summed E-state index contributed by atoms with van der Waals surface area (Å²) in [6, 6.07) is 0. The van der Waals surface area contributed by atoms with E-state index in [2.05, 4.69) is 14.5 Å². The van der Waals surface area contributed by atoms with Gasteiger partial charge in [-0.1, -0.05) is 0 Å². The number of imidazole rings is 2. The Morgan fingerprint density at radius 2 is 2.25 bits per heavy atom. The van der Waals surface area contributed by atoms with Crippen molar-refractivity contribution in [1.29, 1.82) is 0 Å². The van der Waals surface area contributed by atoms with E-state index < -0.39 is 0 Å². The molecule has 0 aliphatic heterocycles. The van der Waals surface area contributed by atoms with Crippen molar-refractivity contribution < 1.29 is 0 Å². The van der Waals surface area contributed by atoms with Crippen LogP contribution in [0.1, 0.15) is 5.82 Å². The van der Waals surface area contributed by atoms with Crippen molar-refractivity contribution in [2.24, 2.45) is 0 Å². The van der Waals surface area contributed by atoms with Crippen LogP contribution < -0.4 is 0 Å². The highest BCUT2D eigenvalue weighted by Crippen LogP contribution is 1.96. The second-order valence-electron chi connectivity index (χ2n) is 2.66. The largest absolute Gasteiger partial charge is 0.319 e. The first-order valence-electron chi connectivity index (χ1n) is 3.80. The Morgan fingerprint density at radius 1 is 1.33 bits per heavy atom. The zero-order chi connectivity index (χ0) is 8.39. The molecular weight excluding hydrogens is 152 g/mol. The lowest BCUT2D eigenvalue weighted by Gasteiger charge is -2.04. The fraction of sp³-hybridized carbons (Fsp3) is 0.250. The molecule has 2 heterocycles. The molecule has 0 atom stereocenters. The normalized spacial score (nSPS) is 10.4. The predicted molar refractivity (Wildman–Crippen MR) is 44.6 cm³/mol. The molecule has 0 aliphatic carbocycles. The van der Waals surface area contributed by atoms with E-state index in [0.717, 1.165) is 12.5 Å². The van der Waals surface area contributed by atoms with Gasteiger partial charge in [0.15, 0.2) is 0 Å². The van der Waals surface area contributed by atoms with Crippen molar-refractivity contribution in [2.45, 2.75) is 13.6 Å². The fourth-order valence-electron chi connectivity index (χ4n) is 1.10. The molecule has 2 rings (SSSR count). The number of aromatic nitrogens is 4. The van der Waals surface area contributed by atoms with Crippen LogP contribution in [0.2, 0.25) is 0 Å². The predicted octanol–water partition coefficient (Wildman–Crippen LogP) is 0.894. The molecule has 2 aromatic rings. The van der Waals surface area contributed by atoms with Gasteiger partial charge in [-0.2, -0.15) is 0 Å². The fourth-order valence-corrected chi connectivity index (χ4v) is 1.10. The zero-order valence-electron chi connectivity index (χ0n) is 6.88. The van der Waals surface area contributed by atoms with Gasteiger partial charge < -0.3 is 9.13 Å². The van der Waals surface area contributed by atoms with E-state index in [0.29, 0.717) is 0 Å². The minimum Gasteiger partial charge on any atom is -0.319 e. The van der Waals surface area contributed by atoms with Crippen molar-refractivity contribution in [1.82, 2.24) is 19.1 Å². The Labute approximate surface area is 70.5 Å². The van der Waals surface area contributed by atoms with Crippen LogP contribution >= 0.6 is 0 Å². The second kappa shape index (κ2) is 2.81. The molecule has 0 amide bonds. The molecule has 0 fully saturated rings. The topological polar surface area (TPSA) is 35.6 Å². The molecule has 0 saturated heterocycles. The van der Waals surface area contributed by atoms with Gasteiger partial charge in [0.25, 0.3) is 0 Å². The maximum absolute atomic E-state index is 4.13. The summed E-state index contributed by atoms with van der Waals surface area (Å²) in [6.07, 6.45) is 9.24. The SMILES string of the molecule is Cc1nccn1Cn1ccnc1. The van der Waals surface area contributed by atoms with Crippen molar-refractivity contribution in [3.63, 3.8) is 0 Å². The van der Waals surface area contributed by atoms with E-state index in [-0.39, 0.29) is 0 Å². The molecule has 0 unspecified atom stereocenters. The maximum atomic E-state index is 4.13. The first kappa shape index (κ1) is 7.09. The molecule has 0 aromatic carbocycles. The molecular formula is C8H10N4. The van der Waals surface area contributed by atoms with Crippen LogP contribution in [-0.2, 0) is 6.67 Å². The summed E-state index contributed by atoms with van der Waals surface area (Å²) in [6.45, 7) is 2.77. The Bertz CT molecular complexity index is 347. The lowest BCUT2D eigenvalue weighted by molar-refractivity contribution is 0.592. The van der Waals surface area contributed by atoms with Crippen molar-refractivity contribution >= 4 is 0 Å². The third kappa shape index (κ3) is 1.23. The highest BCUT2D eigenvalue weighted by Gasteiger charge is 1.95. The summed E-state index contributed by atoms with van der Waals surface area (Å²) in [7, 11) is 0. The average Bonchev–Trinajstić information content (AvgIpc) is 2.65. The van der Waals surface area contributed by atoms with E-state index >= 15 is 0 Å². The minimum atomic E-state index is 0.784. The monoisotopic (exact) mass is 162 g/mol. The van der Waals surface area contributed by atoms with Crippen LogP contribution in [0.15, 0.2) is 31.1 Å². The number of aryl methyl sites for hydroxylation is 1. The summed E-state index contributed by atoms with van der Waals surface area (Å²) >= 11 is 0. The third-order valence-corrected chi connectivity index (χ3v) is 1.80. The summed E-state index contributed by atoms with van der Waals surface area (Å²) in [5.41, 5.74) is 0. The van der Waals surface area contributed by atoms with E-state index in [1.165, 1.54) is 0 Å². The van der Waals surface area contributed by atoms with Gasteiger partial charge in [-0.05, 0) is 6.92 Å². The first-order chi connectivity index (χ1) is 5.86. The number of hydrogen-bond acceptors (Lipinski definition) is 2. The van der Waals surface area contributed by atoms with Crippen molar-refractivity contribution in [3.05, 3.63) is 36.9 Å². The summed E-state index contributed by atoms with van der Waals surface area (Å²) < 4.78 is 4.05. The van der Waals surface area contributed by atoms with E-state index in [4.69, 9.17) is 0 Å². The van der Waals surface area contributed by atoms with Crippen LogP contribution in [0, 0.1) is 6.92 Å². The first-order valence-corrected chi connectivity index (χ1v) is 3.80. The van der Waals surface area contributed by atoms with Gasteiger partial charge in [0.05, 0.1) is 6.33 Å². The average molecular weight is 162 g/mol. The molecule has 0 saturated carbocycles. The summed E-state index contributed by atoms with van der Waals surface area (Å²) in [5, 5.41) is 0. The highest BCUT2D eigenvalue weighted by molar-refractivity contribution is 4.89. The second-order valence-corrected chi connectivity index (χ2v) is 2.66. The Balaban J connectivity index is 2.20. The van der Waals surface area contributed by atoms with Crippen molar-refractivity contribution in [2.75, 3.05) is 0 Å². The Morgan fingerprint density at radius 3 is 2.83 bits per heavy atom. The molecule has 0 radical (unpaired) electrons. The minimum absolute atomic E-state index is 0.784. The molecule has 4 nitrogen and oxygen atoms in total. The van der Waals surface area contributed by atoms with Gasteiger partial charge in [-0.25, -0.2) is 9.97 Å². The molecule has 0 bridgehead atoms. The molecule has 0 N–H and O–H groups in total. The van der Waals surface area contributed by atoms with E-state index in [1.807, 2.05) is 23.9 Å². The molecule has 12 heavy (non-hydrogen) atoms. The van der Waals surface area contributed by atoms with Gasteiger partial charge in [0.2, 0.25) is 0 Å². The molecule has 2 aromatic heterocycles. The molecule has 0 aliphatic rings. The molecule has 4 heteroatoms. The quantitative estimate of drug-likeness (QED) is 0.657. The van der Waals surface area contributed by atoms with Crippen molar-refractivity contribution in [3.8, 4) is 0 Å². The summed E-state index contributed by atoms with van der Waals surface area (Å²) in [5.74, 6) is 1.02. The van der Waals surface area contributed by atoms with Gasteiger partial charge in [0.1, 0.15) is 12.5 Å². The van der Waals surface area contributed by atoms with Gasteiger partial charge in [-0.15, -0.1) is 0 Å². The lowest BCUT2D eigenvalue weighted by atomic mass is 10.7. The van der Waals surface area contributed by atoms with Gasteiger partial charge >= 0.3 is 0 Å². The van der Waals surface area contributed by atoms with Crippen LogP contribution in [0.5, 0.6) is 0 Å². The van der Waals surface area contributed by atoms with Gasteiger partial charge in [-0.3, -0.25) is 0 Å². The van der Waals surface area contributed by atoms with Crippen LogP contribution in [0.3, 0.4) is 0 Å². The smallest absolute Gasteiger partial charge is 0.106 e. The van der Waals surface area contributed by atoms with Crippen LogP contribution in [0.4, 0.5) is 0 Å². The highest BCUT2D eigenvalue weighted by atomic mass is 15.2. The van der Waals surface area contributed by atoms with Crippen LogP contribution in [-0.4, -0.2) is 19.1 Å². The third-order valence-electron chi connectivity index (χ3n) is 1.80. The van der Waals surface area contributed by atoms with E-state index in [9.17, 15) is 0 Å².